The number of hydrogen-bond acceptors (Lipinski definition) is 2. The molecule has 0 fully saturated rings. The Bertz CT molecular complexity index is 541. The predicted molar refractivity (Wildman–Crippen MR) is 71.1 cm³/mol. The van der Waals surface area contributed by atoms with Gasteiger partial charge in [-0.1, -0.05) is 20.3 Å². The van der Waals surface area contributed by atoms with Gasteiger partial charge in [0.1, 0.15) is 0 Å². The van der Waals surface area contributed by atoms with Crippen molar-refractivity contribution in [2.24, 2.45) is 5.92 Å². The first kappa shape index (κ1) is 17.0. The van der Waals surface area contributed by atoms with E-state index in [1.54, 1.807) is 0 Å². The summed E-state index contributed by atoms with van der Waals surface area (Å²) in [6, 6.07) is 2.15. The number of alkyl halides is 3. The Balaban J connectivity index is 3.07. The molecule has 116 valence electrons. The summed E-state index contributed by atoms with van der Waals surface area (Å²) in [6.07, 6.45) is -3.75. The van der Waals surface area contributed by atoms with Crippen molar-refractivity contribution in [3.8, 4) is 0 Å². The van der Waals surface area contributed by atoms with Crippen LogP contribution in [0.25, 0.3) is 0 Å². The molecule has 0 radical (unpaired) electrons. The molecule has 0 aliphatic rings. The van der Waals surface area contributed by atoms with Gasteiger partial charge in [-0.3, -0.25) is 4.79 Å². The SMILES string of the molecule is CCC(C)CC(=O)Nc1cc(C(F)(F)F)ccc1C(=O)O. The molecule has 4 nitrogen and oxygen atoms in total. The number of rotatable bonds is 5. The lowest BCUT2D eigenvalue weighted by atomic mass is 10.0. The van der Waals surface area contributed by atoms with Crippen LogP contribution in [0.15, 0.2) is 18.2 Å². The highest BCUT2D eigenvalue weighted by Gasteiger charge is 2.31. The smallest absolute Gasteiger partial charge is 0.416 e. The summed E-state index contributed by atoms with van der Waals surface area (Å²) in [4.78, 5) is 22.7. The maximum Gasteiger partial charge on any atom is 0.416 e. The van der Waals surface area contributed by atoms with Crippen LogP contribution in [-0.2, 0) is 11.0 Å². The average molecular weight is 303 g/mol. The fourth-order valence-corrected chi connectivity index (χ4v) is 1.67. The second-order valence-electron chi connectivity index (χ2n) is 4.83. The van der Waals surface area contributed by atoms with E-state index in [0.29, 0.717) is 12.1 Å². The minimum absolute atomic E-state index is 0.0593. The van der Waals surface area contributed by atoms with Gasteiger partial charge in [0, 0.05) is 6.42 Å². The van der Waals surface area contributed by atoms with Crippen LogP contribution in [0.1, 0.15) is 42.6 Å². The molecule has 0 aromatic heterocycles. The summed E-state index contributed by atoms with van der Waals surface area (Å²) in [5, 5.41) is 11.2. The number of halogens is 3. The Morgan fingerprint density at radius 2 is 1.95 bits per heavy atom. The number of anilines is 1. The van der Waals surface area contributed by atoms with Gasteiger partial charge in [0.2, 0.25) is 5.91 Å². The third-order valence-corrected chi connectivity index (χ3v) is 3.08. The van der Waals surface area contributed by atoms with Crippen LogP contribution >= 0.6 is 0 Å². The number of amides is 1. The van der Waals surface area contributed by atoms with Gasteiger partial charge < -0.3 is 10.4 Å². The van der Waals surface area contributed by atoms with Gasteiger partial charge >= 0.3 is 12.1 Å². The molecule has 2 N–H and O–H groups in total. The van der Waals surface area contributed by atoms with E-state index in [1.165, 1.54) is 0 Å². The van der Waals surface area contributed by atoms with E-state index in [0.717, 1.165) is 12.5 Å². The number of hydrogen-bond donors (Lipinski definition) is 2. The topological polar surface area (TPSA) is 66.4 Å². The molecule has 1 aromatic rings. The van der Waals surface area contributed by atoms with Crippen LogP contribution < -0.4 is 5.32 Å². The van der Waals surface area contributed by atoms with Crippen LogP contribution in [0, 0.1) is 5.92 Å². The first-order chi connectivity index (χ1) is 9.65. The highest BCUT2D eigenvalue weighted by Crippen LogP contribution is 2.32. The number of carboxylic acids is 1. The highest BCUT2D eigenvalue weighted by atomic mass is 19.4. The zero-order chi connectivity index (χ0) is 16.2. The molecule has 0 aliphatic carbocycles. The molecule has 0 saturated heterocycles. The van der Waals surface area contributed by atoms with Crippen molar-refractivity contribution in [2.45, 2.75) is 32.9 Å². The summed E-state index contributed by atoms with van der Waals surface area (Å²) < 4.78 is 37.9. The zero-order valence-corrected chi connectivity index (χ0v) is 11.6. The fraction of sp³-hybridized carbons (Fsp3) is 0.429. The van der Waals surface area contributed by atoms with E-state index in [9.17, 15) is 22.8 Å². The Hall–Kier alpha value is -2.05. The van der Waals surface area contributed by atoms with Crippen LogP contribution in [0.3, 0.4) is 0 Å². The quantitative estimate of drug-likeness (QED) is 0.870. The number of aromatic carboxylic acids is 1. The maximum atomic E-state index is 12.6. The minimum Gasteiger partial charge on any atom is -0.478 e. The monoisotopic (exact) mass is 303 g/mol. The van der Waals surface area contributed by atoms with Crippen LogP contribution in [-0.4, -0.2) is 17.0 Å². The Morgan fingerprint density at radius 1 is 1.33 bits per heavy atom. The molecular formula is C14H16F3NO3. The molecule has 0 aliphatic heterocycles. The van der Waals surface area contributed by atoms with Crippen molar-refractivity contribution in [2.75, 3.05) is 5.32 Å². The molecule has 7 heteroatoms. The number of carboxylic acid groups (broad SMARTS) is 1. The first-order valence-electron chi connectivity index (χ1n) is 6.39. The number of carbonyl (C=O) groups is 2. The van der Waals surface area contributed by atoms with Gasteiger partial charge in [0.05, 0.1) is 16.8 Å². The lowest BCUT2D eigenvalue weighted by molar-refractivity contribution is -0.137. The van der Waals surface area contributed by atoms with E-state index in [2.05, 4.69) is 5.32 Å². The van der Waals surface area contributed by atoms with E-state index >= 15 is 0 Å². The van der Waals surface area contributed by atoms with Gasteiger partial charge in [-0.15, -0.1) is 0 Å². The summed E-state index contributed by atoms with van der Waals surface area (Å²) in [5.41, 5.74) is -1.72. The molecule has 0 spiro atoms. The molecule has 0 bridgehead atoms. The average Bonchev–Trinajstić information content (AvgIpc) is 2.36. The van der Waals surface area contributed by atoms with E-state index in [1.807, 2.05) is 13.8 Å². The van der Waals surface area contributed by atoms with E-state index < -0.39 is 23.6 Å². The second-order valence-corrected chi connectivity index (χ2v) is 4.83. The maximum absolute atomic E-state index is 12.6. The van der Waals surface area contributed by atoms with Crippen molar-refractivity contribution in [3.05, 3.63) is 29.3 Å². The Kier molecular flexibility index (Phi) is 5.34. The van der Waals surface area contributed by atoms with Gasteiger partial charge in [-0.25, -0.2) is 4.79 Å². The summed E-state index contributed by atoms with van der Waals surface area (Å²) in [5.74, 6) is -1.85. The Morgan fingerprint density at radius 3 is 2.43 bits per heavy atom. The molecule has 1 rings (SSSR count). The molecular weight excluding hydrogens is 287 g/mol. The lowest BCUT2D eigenvalue weighted by Crippen LogP contribution is -2.18. The normalized spacial score (nSPS) is 12.8. The molecule has 0 heterocycles. The molecule has 0 saturated carbocycles. The third kappa shape index (κ3) is 4.77. The third-order valence-electron chi connectivity index (χ3n) is 3.08. The van der Waals surface area contributed by atoms with Crippen molar-refractivity contribution >= 4 is 17.6 Å². The van der Waals surface area contributed by atoms with Crippen molar-refractivity contribution in [1.82, 2.24) is 0 Å². The summed E-state index contributed by atoms with van der Waals surface area (Å²) in [7, 11) is 0. The molecule has 1 amide bonds. The fourth-order valence-electron chi connectivity index (χ4n) is 1.67. The van der Waals surface area contributed by atoms with Crippen LogP contribution in [0.2, 0.25) is 0 Å². The van der Waals surface area contributed by atoms with Gasteiger partial charge in [-0.2, -0.15) is 13.2 Å². The van der Waals surface area contributed by atoms with Crippen LogP contribution in [0.4, 0.5) is 18.9 Å². The van der Waals surface area contributed by atoms with Gasteiger partial charge in [0.15, 0.2) is 0 Å². The Labute approximate surface area is 120 Å². The summed E-state index contributed by atoms with van der Waals surface area (Å²) in [6.45, 7) is 3.70. The largest absolute Gasteiger partial charge is 0.478 e. The lowest BCUT2D eigenvalue weighted by Gasteiger charge is -2.14. The number of benzene rings is 1. The standard InChI is InChI=1S/C14H16F3NO3/c1-3-8(2)6-12(19)18-11-7-9(14(15,16)17)4-5-10(11)13(20)21/h4-5,7-8H,3,6H2,1-2H3,(H,18,19)(H,20,21). The molecule has 1 atom stereocenters. The van der Waals surface area contributed by atoms with Crippen molar-refractivity contribution < 1.29 is 27.9 Å². The first-order valence-corrected chi connectivity index (χ1v) is 6.39. The van der Waals surface area contributed by atoms with Crippen LogP contribution in [0.5, 0.6) is 0 Å². The number of carbonyl (C=O) groups excluding carboxylic acids is 1. The van der Waals surface area contributed by atoms with E-state index in [-0.39, 0.29) is 23.6 Å². The minimum atomic E-state index is -4.60. The number of nitrogens with one attached hydrogen (secondary N) is 1. The van der Waals surface area contributed by atoms with Crippen molar-refractivity contribution in [1.29, 1.82) is 0 Å². The predicted octanol–water partition coefficient (Wildman–Crippen LogP) is 3.78. The molecule has 1 unspecified atom stereocenters. The van der Waals surface area contributed by atoms with Gasteiger partial charge in [0.25, 0.3) is 0 Å². The second kappa shape index (κ2) is 6.60. The highest BCUT2D eigenvalue weighted by molar-refractivity contribution is 6.00. The van der Waals surface area contributed by atoms with Gasteiger partial charge in [-0.05, 0) is 24.1 Å². The molecule has 21 heavy (non-hydrogen) atoms. The summed E-state index contributed by atoms with van der Waals surface area (Å²) >= 11 is 0. The zero-order valence-electron chi connectivity index (χ0n) is 11.6. The molecule has 1 aromatic carbocycles. The van der Waals surface area contributed by atoms with Crippen molar-refractivity contribution in [3.63, 3.8) is 0 Å². The van der Waals surface area contributed by atoms with E-state index in [4.69, 9.17) is 5.11 Å².